The molecule has 1 N–H and O–H groups in total. The third kappa shape index (κ3) is 3.82. The predicted octanol–water partition coefficient (Wildman–Crippen LogP) is 6.22. The number of hydrogen-bond acceptors (Lipinski definition) is 5. The molecule has 5 rings (SSSR count). The van der Waals surface area contributed by atoms with Crippen molar-refractivity contribution in [3.63, 3.8) is 0 Å². The number of aromatic hydroxyl groups is 1. The second kappa shape index (κ2) is 8.42. The number of hydrogen-bond donors (Lipinski definition) is 1. The summed E-state index contributed by atoms with van der Waals surface area (Å²) in [5.74, 6) is 2.55. The van der Waals surface area contributed by atoms with E-state index < -0.39 is 0 Å². The lowest BCUT2D eigenvalue weighted by molar-refractivity contribution is 0.231. The van der Waals surface area contributed by atoms with Crippen LogP contribution in [0.15, 0.2) is 83.4 Å². The van der Waals surface area contributed by atoms with E-state index in [4.69, 9.17) is 14.0 Å². The van der Waals surface area contributed by atoms with Gasteiger partial charge in [-0.2, -0.15) is 0 Å². The first-order valence-corrected chi connectivity index (χ1v) is 10.9. The largest absolute Gasteiger partial charge is 0.508 e. The maximum atomic E-state index is 9.70. The molecule has 1 heterocycles. The van der Waals surface area contributed by atoms with Crippen molar-refractivity contribution >= 4 is 0 Å². The van der Waals surface area contributed by atoms with Gasteiger partial charge >= 0.3 is 0 Å². The number of para-hydroxylation sites is 2. The fourth-order valence-electron chi connectivity index (χ4n) is 3.99. The molecule has 5 heteroatoms. The first-order chi connectivity index (χ1) is 15.7. The maximum Gasteiger partial charge on any atom is 0.161 e. The topological polar surface area (TPSA) is 64.7 Å². The van der Waals surface area contributed by atoms with Crippen molar-refractivity contribution in [2.24, 2.45) is 0 Å². The molecule has 1 aliphatic carbocycles. The Labute approximate surface area is 187 Å². The van der Waals surface area contributed by atoms with E-state index in [0.717, 1.165) is 52.5 Å². The van der Waals surface area contributed by atoms with E-state index in [1.807, 2.05) is 61.5 Å². The van der Waals surface area contributed by atoms with E-state index in [9.17, 15) is 5.11 Å². The summed E-state index contributed by atoms with van der Waals surface area (Å²) in [5.41, 5.74) is 3.47. The molecule has 0 radical (unpaired) electrons. The molecule has 0 unspecified atom stereocenters. The molecule has 4 aromatic rings. The Bertz CT molecular complexity index is 1190. The highest BCUT2D eigenvalue weighted by molar-refractivity contribution is 5.83. The predicted molar refractivity (Wildman–Crippen MR) is 123 cm³/mol. The van der Waals surface area contributed by atoms with E-state index in [2.05, 4.69) is 17.3 Å². The molecular formula is C27H25NO4. The van der Waals surface area contributed by atoms with Gasteiger partial charge in [-0.25, -0.2) is 0 Å². The molecule has 1 aromatic heterocycles. The zero-order chi connectivity index (χ0) is 22.0. The van der Waals surface area contributed by atoms with Crippen LogP contribution in [0.1, 0.15) is 25.5 Å². The Morgan fingerprint density at radius 2 is 1.50 bits per heavy atom. The van der Waals surface area contributed by atoms with Crippen molar-refractivity contribution in [2.45, 2.75) is 25.2 Å². The third-order valence-electron chi connectivity index (χ3n) is 5.88. The molecule has 32 heavy (non-hydrogen) atoms. The number of benzene rings is 3. The van der Waals surface area contributed by atoms with Crippen LogP contribution >= 0.6 is 0 Å². The molecule has 162 valence electrons. The van der Waals surface area contributed by atoms with Crippen LogP contribution in [0, 0.1) is 0 Å². The summed E-state index contributed by atoms with van der Waals surface area (Å²) in [4.78, 5) is 0. The second-order valence-corrected chi connectivity index (χ2v) is 8.10. The van der Waals surface area contributed by atoms with E-state index in [1.54, 1.807) is 12.1 Å². The van der Waals surface area contributed by atoms with Gasteiger partial charge in [0, 0.05) is 5.56 Å². The van der Waals surface area contributed by atoms with Gasteiger partial charge in [-0.3, -0.25) is 0 Å². The summed E-state index contributed by atoms with van der Waals surface area (Å²) in [6.45, 7) is 3.04. The van der Waals surface area contributed by atoms with E-state index >= 15 is 0 Å². The maximum absolute atomic E-state index is 9.70. The SMILES string of the molecule is CCOc1ccccc1OCC1(c2onc(-c3ccc(O)cc3)c2-c2ccccc2)CC1. The summed E-state index contributed by atoms with van der Waals surface area (Å²) in [7, 11) is 0. The van der Waals surface area contributed by atoms with Crippen LogP contribution in [0.3, 0.4) is 0 Å². The number of rotatable bonds is 8. The van der Waals surface area contributed by atoms with Crippen LogP contribution in [0.2, 0.25) is 0 Å². The quantitative estimate of drug-likeness (QED) is 0.361. The molecular weight excluding hydrogens is 402 g/mol. The van der Waals surface area contributed by atoms with E-state index in [-0.39, 0.29) is 11.2 Å². The molecule has 0 aliphatic heterocycles. The van der Waals surface area contributed by atoms with Crippen LogP contribution in [-0.4, -0.2) is 23.5 Å². The summed E-state index contributed by atoms with van der Waals surface area (Å²) in [6, 6.07) is 25.0. The molecule has 0 spiro atoms. The average molecular weight is 428 g/mol. The van der Waals surface area contributed by atoms with Crippen molar-refractivity contribution < 1.29 is 19.1 Å². The summed E-state index contributed by atoms with van der Waals surface area (Å²) >= 11 is 0. The van der Waals surface area contributed by atoms with Gasteiger partial charge in [0.25, 0.3) is 0 Å². The van der Waals surface area contributed by atoms with E-state index in [1.165, 1.54) is 0 Å². The third-order valence-corrected chi connectivity index (χ3v) is 5.88. The first kappa shape index (κ1) is 20.2. The van der Waals surface area contributed by atoms with Gasteiger partial charge in [-0.15, -0.1) is 0 Å². The van der Waals surface area contributed by atoms with Gasteiger partial charge in [-0.1, -0.05) is 47.6 Å². The highest BCUT2D eigenvalue weighted by atomic mass is 16.5. The monoisotopic (exact) mass is 427 g/mol. The molecule has 0 bridgehead atoms. The lowest BCUT2D eigenvalue weighted by atomic mass is 9.92. The second-order valence-electron chi connectivity index (χ2n) is 8.10. The van der Waals surface area contributed by atoms with Crippen molar-refractivity contribution in [2.75, 3.05) is 13.2 Å². The number of phenolic OH excluding ortho intramolecular Hbond substituents is 1. The van der Waals surface area contributed by atoms with Crippen molar-refractivity contribution in [3.05, 3.63) is 84.6 Å². The molecule has 0 amide bonds. The summed E-state index contributed by atoms with van der Waals surface area (Å²) in [6.07, 6.45) is 1.93. The number of ether oxygens (including phenoxy) is 2. The minimum absolute atomic E-state index is 0.221. The molecule has 0 saturated heterocycles. The highest BCUT2D eigenvalue weighted by Crippen LogP contribution is 2.53. The van der Waals surface area contributed by atoms with Gasteiger partial charge in [0.1, 0.15) is 18.1 Å². The zero-order valence-electron chi connectivity index (χ0n) is 18.0. The zero-order valence-corrected chi connectivity index (χ0v) is 18.0. The standard InChI is InChI=1S/C27H25NO4/c1-2-30-22-10-6-7-11-23(22)31-18-27(16-17-27)26-24(19-8-4-3-5-9-19)25(28-32-26)20-12-14-21(29)15-13-20/h3-15,29H,2,16-18H2,1H3. The van der Waals surface area contributed by atoms with Gasteiger partial charge in [0.2, 0.25) is 0 Å². The smallest absolute Gasteiger partial charge is 0.161 e. The first-order valence-electron chi connectivity index (χ1n) is 10.9. The van der Waals surface area contributed by atoms with Crippen molar-refractivity contribution in [3.8, 4) is 39.6 Å². The molecule has 3 aromatic carbocycles. The molecule has 1 fully saturated rings. The number of nitrogens with zero attached hydrogens (tertiary/aromatic N) is 1. The lowest BCUT2D eigenvalue weighted by Gasteiger charge is -2.17. The normalized spacial score (nSPS) is 14.2. The fraction of sp³-hybridized carbons (Fsp3) is 0.222. The Balaban J connectivity index is 1.51. The van der Waals surface area contributed by atoms with Crippen LogP contribution < -0.4 is 9.47 Å². The van der Waals surface area contributed by atoms with Crippen LogP contribution in [0.5, 0.6) is 17.2 Å². The average Bonchev–Trinajstić information content (AvgIpc) is 3.49. The van der Waals surface area contributed by atoms with Gasteiger partial charge in [0.05, 0.1) is 17.6 Å². The highest BCUT2D eigenvalue weighted by Gasteiger charge is 2.51. The van der Waals surface area contributed by atoms with Crippen LogP contribution in [-0.2, 0) is 5.41 Å². The number of aromatic nitrogens is 1. The Kier molecular flexibility index (Phi) is 5.31. The molecule has 1 saturated carbocycles. The minimum Gasteiger partial charge on any atom is -0.508 e. The van der Waals surface area contributed by atoms with Gasteiger partial charge < -0.3 is 19.1 Å². The molecule has 1 aliphatic rings. The van der Waals surface area contributed by atoms with Crippen molar-refractivity contribution in [1.82, 2.24) is 5.16 Å². The molecule has 5 nitrogen and oxygen atoms in total. The van der Waals surface area contributed by atoms with Gasteiger partial charge in [0.15, 0.2) is 17.3 Å². The number of phenols is 1. The minimum atomic E-state index is -0.229. The van der Waals surface area contributed by atoms with Crippen LogP contribution in [0.4, 0.5) is 0 Å². The lowest BCUT2D eigenvalue weighted by Crippen LogP contribution is -2.18. The van der Waals surface area contributed by atoms with Crippen LogP contribution in [0.25, 0.3) is 22.4 Å². The fourth-order valence-corrected chi connectivity index (χ4v) is 3.99. The Hall–Kier alpha value is -3.73. The van der Waals surface area contributed by atoms with Gasteiger partial charge in [-0.05, 0) is 61.7 Å². The Morgan fingerprint density at radius 1 is 0.844 bits per heavy atom. The summed E-state index contributed by atoms with van der Waals surface area (Å²) in [5, 5.41) is 14.2. The van der Waals surface area contributed by atoms with E-state index in [0.29, 0.717) is 13.2 Å². The van der Waals surface area contributed by atoms with Crippen molar-refractivity contribution in [1.29, 1.82) is 0 Å². The Morgan fingerprint density at radius 3 is 2.16 bits per heavy atom. The molecule has 0 atom stereocenters. The summed E-state index contributed by atoms with van der Waals surface area (Å²) < 4.78 is 18.0.